The van der Waals surface area contributed by atoms with Gasteiger partial charge in [0.25, 0.3) is 0 Å². The number of aromatic nitrogens is 1. The van der Waals surface area contributed by atoms with E-state index in [0.29, 0.717) is 30.6 Å². The van der Waals surface area contributed by atoms with Crippen LogP contribution in [0.4, 0.5) is 18.9 Å². The molecule has 3 N–H and O–H groups in total. The van der Waals surface area contributed by atoms with Gasteiger partial charge in [0.15, 0.2) is 5.96 Å². The third kappa shape index (κ3) is 6.69. The molecule has 0 spiro atoms. The number of pyridine rings is 1. The Bertz CT molecular complexity index is 790. The number of alkyl halides is 3. The fourth-order valence-electron chi connectivity index (χ4n) is 2.22. The smallest absolute Gasteiger partial charge is 0.477 e. The lowest BCUT2D eigenvalue weighted by atomic mass is 10.2. The van der Waals surface area contributed by atoms with E-state index in [1.165, 1.54) is 37.1 Å². The van der Waals surface area contributed by atoms with E-state index in [-0.39, 0.29) is 11.7 Å². The van der Waals surface area contributed by atoms with Gasteiger partial charge in [0.2, 0.25) is 5.88 Å². The SMILES string of the molecule is NC(=NCc1ccnc(OCC2CC2)c1)Nc1ccc(OC(F)(F)F)cc1. The Morgan fingerprint density at radius 3 is 2.63 bits per heavy atom. The lowest BCUT2D eigenvalue weighted by molar-refractivity contribution is -0.274. The van der Waals surface area contributed by atoms with Crippen LogP contribution in [0.3, 0.4) is 0 Å². The van der Waals surface area contributed by atoms with Crippen molar-refractivity contribution in [1.82, 2.24) is 4.98 Å². The van der Waals surface area contributed by atoms with Gasteiger partial charge in [-0.05, 0) is 54.7 Å². The number of aliphatic imine (C=N–C) groups is 1. The maximum Gasteiger partial charge on any atom is 0.573 e. The molecule has 3 rings (SSSR count). The van der Waals surface area contributed by atoms with Gasteiger partial charge in [0, 0.05) is 18.0 Å². The monoisotopic (exact) mass is 380 g/mol. The summed E-state index contributed by atoms with van der Waals surface area (Å²) in [6, 6.07) is 8.83. The summed E-state index contributed by atoms with van der Waals surface area (Å²) < 4.78 is 45.9. The summed E-state index contributed by atoms with van der Waals surface area (Å²) in [6.45, 7) is 0.994. The highest BCUT2D eigenvalue weighted by Gasteiger charge is 2.30. The molecule has 1 heterocycles. The summed E-state index contributed by atoms with van der Waals surface area (Å²) in [6.07, 6.45) is -0.664. The second kappa shape index (κ2) is 8.15. The first-order valence-electron chi connectivity index (χ1n) is 8.38. The maximum absolute atomic E-state index is 12.1. The first kappa shape index (κ1) is 18.8. The molecule has 1 fully saturated rings. The zero-order valence-corrected chi connectivity index (χ0v) is 14.4. The average Bonchev–Trinajstić information content (AvgIpc) is 3.44. The van der Waals surface area contributed by atoms with Gasteiger partial charge in [-0.15, -0.1) is 13.2 Å². The van der Waals surface area contributed by atoms with Crippen LogP contribution in [0.5, 0.6) is 11.6 Å². The molecule has 6 nitrogen and oxygen atoms in total. The molecule has 1 aliphatic rings. The highest BCUT2D eigenvalue weighted by Crippen LogP contribution is 2.29. The zero-order chi connectivity index (χ0) is 19.3. The number of nitrogens with two attached hydrogens (primary N) is 1. The maximum atomic E-state index is 12.1. The molecule has 0 unspecified atom stereocenters. The number of anilines is 1. The predicted octanol–water partition coefficient (Wildman–Crippen LogP) is 3.70. The fraction of sp³-hybridized carbons (Fsp3) is 0.333. The van der Waals surface area contributed by atoms with Gasteiger partial charge in [-0.25, -0.2) is 9.98 Å². The number of hydrogen-bond donors (Lipinski definition) is 2. The third-order valence-electron chi connectivity index (χ3n) is 3.76. The number of nitrogens with one attached hydrogen (secondary N) is 1. The van der Waals surface area contributed by atoms with E-state index < -0.39 is 6.36 Å². The van der Waals surface area contributed by atoms with Crippen LogP contribution in [0.1, 0.15) is 18.4 Å². The Morgan fingerprint density at radius 2 is 1.96 bits per heavy atom. The number of guanidine groups is 1. The largest absolute Gasteiger partial charge is 0.573 e. The van der Waals surface area contributed by atoms with E-state index in [4.69, 9.17) is 10.5 Å². The molecule has 0 amide bonds. The molecule has 0 radical (unpaired) electrons. The van der Waals surface area contributed by atoms with E-state index in [1.807, 2.05) is 12.1 Å². The van der Waals surface area contributed by atoms with Crippen LogP contribution in [0.2, 0.25) is 0 Å². The van der Waals surface area contributed by atoms with Crippen molar-refractivity contribution in [3.8, 4) is 11.6 Å². The Kier molecular flexibility index (Phi) is 5.68. The summed E-state index contributed by atoms with van der Waals surface area (Å²) in [5.41, 5.74) is 7.20. The summed E-state index contributed by atoms with van der Waals surface area (Å²) in [5, 5.41) is 2.81. The van der Waals surface area contributed by atoms with Crippen LogP contribution in [-0.2, 0) is 6.54 Å². The quantitative estimate of drug-likeness (QED) is 0.565. The molecule has 1 aliphatic carbocycles. The number of hydrogen-bond acceptors (Lipinski definition) is 4. The van der Waals surface area contributed by atoms with Crippen LogP contribution in [0, 0.1) is 5.92 Å². The van der Waals surface area contributed by atoms with Gasteiger partial charge in [0.1, 0.15) is 5.75 Å². The van der Waals surface area contributed by atoms with Crippen molar-refractivity contribution in [2.45, 2.75) is 25.7 Å². The minimum absolute atomic E-state index is 0.136. The van der Waals surface area contributed by atoms with Crippen molar-refractivity contribution < 1.29 is 22.6 Å². The lowest BCUT2D eigenvalue weighted by Crippen LogP contribution is -2.22. The topological polar surface area (TPSA) is 81.8 Å². The number of nitrogens with zero attached hydrogens (tertiary/aromatic N) is 2. The molecule has 0 bridgehead atoms. The Morgan fingerprint density at radius 1 is 1.22 bits per heavy atom. The molecule has 1 saturated carbocycles. The standard InChI is InChI=1S/C18H19F3N4O2/c19-18(20,21)27-15-5-3-14(4-6-15)25-17(22)24-10-13-7-8-23-16(9-13)26-11-12-1-2-12/h3-9,12H,1-2,10-11H2,(H3,22,24,25). The van der Waals surface area contributed by atoms with E-state index in [9.17, 15) is 13.2 Å². The van der Waals surface area contributed by atoms with Gasteiger partial charge in [-0.2, -0.15) is 0 Å². The summed E-state index contributed by atoms with van der Waals surface area (Å²) in [4.78, 5) is 8.37. The molecule has 27 heavy (non-hydrogen) atoms. The van der Waals surface area contributed by atoms with Crippen molar-refractivity contribution in [3.05, 3.63) is 48.2 Å². The molecule has 2 aromatic rings. The minimum Gasteiger partial charge on any atom is -0.477 e. The van der Waals surface area contributed by atoms with Gasteiger partial charge in [-0.3, -0.25) is 0 Å². The van der Waals surface area contributed by atoms with Crippen LogP contribution in [-0.4, -0.2) is 23.9 Å². The van der Waals surface area contributed by atoms with Crippen molar-refractivity contribution in [3.63, 3.8) is 0 Å². The Hall–Kier alpha value is -2.97. The molecule has 9 heteroatoms. The molecule has 144 valence electrons. The normalized spacial score (nSPS) is 14.7. The van der Waals surface area contributed by atoms with Gasteiger partial charge < -0.3 is 20.5 Å². The first-order valence-corrected chi connectivity index (χ1v) is 8.38. The fourth-order valence-corrected chi connectivity index (χ4v) is 2.22. The zero-order valence-electron chi connectivity index (χ0n) is 14.4. The van der Waals surface area contributed by atoms with Crippen LogP contribution >= 0.6 is 0 Å². The average molecular weight is 380 g/mol. The molecule has 1 aromatic carbocycles. The van der Waals surface area contributed by atoms with Crippen molar-refractivity contribution in [2.75, 3.05) is 11.9 Å². The summed E-state index contributed by atoms with van der Waals surface area (Å²) in [5.74, 6) is 1.03. The van der Waals surface area contributed by atoms with Gasteiger partial charge in [-0.1, -0.05) is 0 Å². The minimum atomic E-state index is -4.72. The molecule has 0 aliphatic heterocycles. The highest BCUT2D eigenvalue weighted by molar-refractivity contribution is 5.92. The highest BCUT2D eigenvalue weighted by atomic mass is 19.4. The second-order valence-electron chi connectivity index (χ2n) is 6.16. The van der Waals surface area contributed by atoms with Crippen LogP contribution in [0.25, 0.3) is 0 Å². The molecular weight excluding hydrogens is 361 g/mol. The summed E-state index contributed by atoms with van der Waals surface area (Å²) >= 11 is 0. The Labute approximate surface area is 154 Å². The van der Waals surface area contributed by atoms with E-state index in [2.05, 4.69) is 20.0 Å². The molecule has 1 aromatic heterocycles. The van der Waals surface area contributed by atoms with Crippen LogP contribution in [0.15, 0.2) is 47.6 Å². The van der Waals surface area contributed by atoms with Crippen molar-refractivity contribution in [1.29, 1.82) is 0 Å². The number of halogens is 3. The first-order chi connectivity index (χ1) is 12.9. The van der Waals surface area contributed by atoms with E-state index >= 15 is 0 Å². The number of rotatable bonds is 7. The molecule has 0 atom stereocenters. The summed E-state index contributed by atoms with van der Waals surface area (Å²) in [7, 11) is 0. The predicted molar refractivity (Wildman–Crippen MR) is 94.5 cm³/mol. The third-order valence-corrected chi connectivity index (χ3v) is 3.76. The van der Waals surface area contributed by atoms with Crippen molar-refractivity contribution >= 4 is 11.6 Å². The molecular formula is C18H19F3N4O2. The van der Waals surface area contributed by atoms with Gasteiger partial charge >= 0.3 is 6.36 Å². The number of benzene rings is 1. The lowest BCUT2D eigenvalue weighted by Gasteiger charge is -2.10. The molecule has 0 saturated heterocycles. The second-order valence-corrected chi connectivity index (χ2v) is 6.16. The van der Waals surface area contributed by atoms with Crippen LogP contribution < -0.4 is 20.5 Å². The van der Waals surface area contributed by atoms with Crippen molar-refractivity contribution in [2.24, 2.45) is 16.6 Å². The van der Waals surface area contributed by atoms with E-state index in [1.54, 1.807) is 6.20 Å². The van der Waals surface area contributed by atoms with Gasteiger partial charge in [0.05, 0.1) is 13.2 Å². The Balaban J connectivity index is 1.52. The van der Waals surface area contributed by atoms with E-state index in [0.717, 1.165) is 5.56 Å². The number of ether oxygens (including phenoxy) is 2.